The molecule has 0 radical (unpaired) electrons. The molecule has 3 aromatic rings. The Balaban J connectivity index is 1.87. The van der Waals surface area contributed by atoms with Gasteiger partial charge in [0.25, 0.3) is 0 Å². The number of hydrogen-bond acceptors (Lipinski definition) is 4. The van der Waals surface area contributed by atoms with E-state index in [1.807, 2.05) is 33.8 Å². The fourth-order valence-electron chi connectivity index (χ4n) is 3.35. The Kier molecular flexibility index (Phi) is 6.26. The zero-order valence-electron chi connectivity index (χ0n) is 17.9. The Hall–Kier alpha value is -3.54. The molecule has 0 atom stereocenters. The number of ether oxygens (including phenoxy) is 1. The average molecular weight is 406 g/mol. The molecule has 0 saturated carbocycles. The number of amides is 2. The Morgan fingerprint density at radius 1 is 1.07 bits per heavy atom. The average Bonchev–Trinajstić information content (AvgIpc) is 3.06. The van der Waals surface area contributed by atoms with Crippen LogP contribution < -0.4 is 15.4 Å². The van der Waals surface area contributed by atoms with Crippen molar-refractivity contribution in [3.05, 3.63) is 59.4 Å². The quantitative estimate of drug-likeness (QED) is 0.534. The number of fused-ring (bicyclic) bond motifs is 1. The first-order valence-corrected chi connectivity index (χ1v) is 9.81. The molecule has 6 nitrogen and oxygen atoms in total. The molecule has 30 heavy (non-hydrogen) atoms. The summed E-state index contributed by atoms with van der Waals surface area (Å²) in [5, 5.41) is 6.55. The standard InChI is InChI=1S/C24H26N2O4/c1-6-29-23-16(4)24-21(15(3)13-30-24)12-20(23)14(2)11-22(28)26-19-9-7-18(8-10-19)25-17(5)27/h7-13H,6H2,1-5H3,(H,25,27)(H,26,28)/b14-11+. The van der Waals surface area contributed by atoms with E-state index in [9.17, 15) is 9.59 Å². The first kappa shape index (κ1) is 21.2. The third-order valence-electron chi connectivity index (χ3n) is 4.77. The summed E-state index contributed by atoms with van der Waals surface area (Å²) in [5.74, 6) is 0.333. The maximum absolute atomic E-state index is 12.6. The van der Waals surface area contributed by atoms with Crippen molar-refractivity contribution in [2.45, 2.75) is 34.6 Å². The highest BCUT2D eigenvalue weighted by Gasteiger charge is 2.17. The largest absolute Gasteiger partial charge is 0.493 e. The van der Waals surface area contributed by atoms with Gasteiger partial charge < -0.3 is 19.8 Å². The summed E-state index contributed by atoms with van der Waals surface area (Å²) in [5.41, 5.74) is 5.72. The van der Waals surface area contributed by atoms with Crippen LogP contribution in [0.15, 0.2) is 47.1 Å². The molecule has 0 aliphatic rings. The summed E-state index contributed by atoms with van der Waals surface area (Å²) in [6.07, 6.45) is 3.29. The number of allylic oxidation sites excluding steroid dienone is 1. The van der Waals surface area contributed by atoms with Gasteiger partial charge in [-0.25, -0.2) is 0 Å². The van der Waals surface area contributed by atoms with Gasteiger partial charge in [0.1, 0.15) is 11.3 Å². The third-order valence-corrected chi connectivity index (χ3v) is 4.77. The van der Waals surface area contributed by atoms with E-state index >= 15 is 0 Å². The number of carbonyl (C=O) groups is 2. The highest BCUT2D eigenvalue weighted by Crippen LogP contribution is 2.37. The summed E-state index contributed by atoms with van der Waals surface area (Å²) in [6.45, 7) is 9.73. The lowest BCUT2D eigenvalue weighted by Crippen LogP contribution is -2.09. The summed E-state index contributed by atoms with van der Waals surface area (Å²) < 4.78 is 11.6. The molecular weight excluding hydrogens is 380 g/mol. The summed E-state index contributed by atoms with van der Waals surface area (Å²) in [7, 11) is 0. The highest BCUT2D eigenvalue weighted by atomic mass is 16.5. The molecule has 1 heterocycles. The number of furan rings is 1. The molecule has 2 aromatic carbocycles. The zero-order chi connectivity index (χ0) is 21.8. The maximum Gasteiger partial charge on any atom is 0.248 e. The lowest BCUT2D eigenvalue weighted by Gasteiger charge is -2.14. The maximum atomic E-state index is 12.6. The minimum absolute atomic E-state index is 0.143. The summed E-state index contributed by atoms with van der Waals surface area (Å²) >= 11 is 0. The first-order valence-electron chi connectivity index (χ1n) is 9.81. The molecule has 156 valence electrons. The van der Waals surface area contributed by atoms with Gasteiger partial charge in [-0.1, -0.05) is 0 Å². The predicted molar refractivity (Wildman–Crippen MR) is 120 cm³/mol. The Morgan fingerprint density at radius 2 is 1.70 bits per heavy atom. The van der Waals surface area contributed by atoms with Crippen LogP contribution in [0.2, 0.25) is 0 Å². The van der Waals surface area contributed by atoms with Crippen LogP contribution in [0, 0.1) is 13.8 Å². The number of carbonyl (C=O) groups excluding carboxylic acids is 2. The molecule has 0 spiro atoms. The molecule has 0 fully saturated rings. The van der Waals surface area contributed by atoms with Crippen molar-refractivity contribution in [3.63, 3.8) is 0 Å². The number of nitrogens with one attached hydrogen (secondary N) is 2. The van der Waals surface area contributed by atoms with Gasteiger partial charge in [0.2, 0.25) is 11.8 Å². The lowest BCUT2D eigenvalue weighted by atomic mass is 9.98. The minimum Gasteiger partial charge on any atom is -0.493 e. The van der Waals surface area contributed by atoms with E-state index in [2.05, 4.69) is 10.6 Å². The number of rotatable bonds is 6. The Bertz CT molecular complexity index is 1120. The number of benzene rings is 2. The second-order valence-corrected chi connectivity index (χ2v) is 7.18. The van der Waals surface area contributed by atoms with Crippen LogP contribution in [-0.2, 0) is 9.59 Å². The van der Waals surface area contributed by atoms with E-state index in [0.717, 1.165) is 39.0 Å². The van der Waals surface area contributed by atoms with Gasteiger partial charge in [0.05, 0.1) is 12.9 Å². The van der Waals surface area contributed by atoms with Crippen LogP contribution >= 0.6 is 0 Å². The third kappa shape index (κ3) is 4.54. The van der Waals surface area contributed by atoms with Gasteiger partial charge in [0, 0.05) is 40.9 Å². The van der Waals surface area contributed by atoms with Crippen molar-refractivity contribution in [1.29, 1.82) is 0 Å². The van der Waals surface area contributed by atoms with Crippen molar-refractivity contribution >= 4 is 39.7 Å². The SMILES string of the molecule is CCOc1c(/C(C)=C/C(=O)Nc2ccc(NC(C)=O)cc2)cc2c(C)coc2c1C. The molecule has 0 aliphatic carbocycles. The normalized spacial score (nSPS) is 11.4. The monoisotopic (exact) mass is 406 g/mol. The molecule has 0 unspecified atom stereocenters. The fourth-order valence-corrected chi connectivity index (χ4v) is 3.35. The van der Waals surface area contributed by atoms with Crippen LogP contribution in [0.1, 0.15) is 37.5 Å². The van der Waals surface area contributed by atoms with Crippen LogP contribution in [0.25, 0.3) is 16.5 Å². The van der Waals surface area contributed by atoms with Gasteiger partial charge in [-0.15, -0.1) is 0 Å². The fraction of sp³-hybridized carbons (Fsp3) is 0.250. The van der Waals surface area contributed by atoms with E-state index in [-0.39, 0.29) is 11.8 Å². The molecule has 2 amide bonds. The number of anilines is 2. The second-order valence-electron chi connectivity index (χ2n) is 7.18. The van der Waals surface area contributed by atoms with E-state index in [4.69, 9.17) is 9.15 Å². The van der Waals surface area contributed by atoms with E-state index in [1.54, 1.807) is 36.6 Å². The predicted octanol–water partition coefficient (Wildman–Crippen LogP) is 5.45. The van der Waals surface area contributed by atoms with Gasteiger partial charge in [-0.05, 0) is 69.2 Å². The van der Waals surface area contributed by atoms with Gasteiger partial charge in [-0.2, -0.15) is 0 Å². The van der Waals surface area contributed by atoms with Crippen molar-refractivity contribution < 1.29 is 18.7 Å². The summed E-state index contributed by atoms with van der Waals surface area (Å²) in [4.78, 5) is 23.7. The topological polar surface area (TPSA) is 80.6 Å². The van der Waals surface area contributed by atoms with Crippen LogP contribution in [0.4, 0.5) is 11.4 Å². The summed E-state index contributed by atoms with van der Waals surface area (Å²) in [6, 6.07) is 8.96. The second kappa shape index (κ2) is 8.86. The number of hydrogen-bond donors (Lipinski definition) is 2. The molecule has 0 saturated heterocycles. The van der Waals surface area contributed by atoms with Crippen LogP contribution in [0.5, 0.6) is 5.75 Å². The van der Waals surface area contributed by atoms with Crippen LogP contribution in [0.3, 0.4) is 0 Å². The molecule has 0 aliphatic heterocycles. The van der Waals surface area contributed by atoms with Crippen molar-refractivity contribution in [1.82, 2.24) is 0 Å². The first-order chi connectivity index (χ1) is 14.3. The minimum atomic E-state index is -0.246. The molecule has 2 N–H and O–H groups in total. The Labute approximate surface area is 175 Å². The van der Waals surface area contributed by atoms with Gasteiger partial charge >= 0.3 is 0 Å². The van der Waals surface area contributed by atoms with E-state index in [0.29, 0.717) is 18.0 Å². The smallest absolute Gasteiger partial charge is 0.248 e. The van der Waals surface area contributed by atoms with E-state index < -0.39 is 0 Å². The van der Waals surface area contributed by atoms with Crippen molar-refractivity contribution in [2.75, 3.05) is 17.2 Å². The van der Waals surface area contributed by atoms with Gasteiger partial charge in [-0.3, -0.25) is 9.59 Å². The van der Waals surface area contributed by atoms with E-state index in [1.165, 1.54) is 6.92 Å². The molecular formula is C24H26N2O4. The zero-order valence-corrected chi connectivity index (χ0v) is 17.9. The highest BCUT2D eigenvalue weighted by molar-refractivity contribution is 6.05. The number of aryl methyl sites for hydroxylation is 2. The molecule has 3 rings (SSSR count). The molecule has 0 bridgehead atoms. The lowest BCUT2D eigenvalue weighted by molar-refractivity contribution is -0.114. The van der Waals surface area contributed by atoms with Crippen molar-refractivity contribution in [2.24, 2.45) is 0 Å². The van der Waals surface area contributed by atoms with Gasteiger partial charge in [0.15, 0.2) is 0 Å². The van der Waals surface area contributed by atoms with Crippen LogP contribution in [-0.4, -0.2) is 18.4 Å². The molecule has 1 aromatic heterocycles. The molecule has 6 heteroatoms. The Morgan fingerprint density at radius 3 is 2.30 bits per heavy atom. The van der Waals surface area contributed by atoms with Crippen molar-refractivity contribution in [3.8, 4) is 5.75 Å².